The minimum absolute atomic E-state index is 0.0400. The van der Waals surface area contributed by atoms with Gasteiger partial charge in [-0.15, -0.1) is 0 Å². The number of hydrogen-bond donors (Lipinski definition) is 3. The summed E-state index contributed by atoms with van der Waals surface area (Å²) in [7, 11) is 0. The van der Waals surface area contributed by atoms with Crippen molar-refractivity contribution in [1.29, 1.82) is 0 Å². The zero-order valence-electron chi connectivity index (χ0n) is 13.5. The predicted octanol–water partition coefficient (Wildman–Crippen LogP) is 1.19. The Bertz CT molecular complexity index is 386. The van der Waals surface area contributed by atoms with Crippen LogP contribution in [-0.2, 0) is 9.53 Å². The molecule has 4 atom stereocenters. The van der Waals surface area contributed by atoms with Crippen molar-refractivity contribution in [1.82, 2.24) is 5.32 Å². The van der Waals surface area contributed by atoms with Gasteiger partial charge in [0.25, 0.3) is 0 Å². The molecule has 5 nitrogen and oxygen atoms in total. The zero-order valence-corrected chi connectivity index (χ0v) is 13.5. The third-order valence-corrected chi connectivity index (χ3v) is 5.70. The first kappa shape index (κ1) is 16.7. The molecule has 0 saturated heterocycles. The molecular formula is C16H30N2O3. The smallest absolute Gasteiger partial charge is 0.241 e. The van der Waals surface area contributed by atoms with Crippen LogP contribution in [0.25, 0.3) is 0 Å². The van der Waals surface area contributed by atoms with E-state index in [0.29, 0.717) is 13.0 Å². The molecule has 4 N–H and O–H groups in total. The molecule has 2 rings (SSSR count). The topological polar surface area (TPSA) is 84.6 Å². The number of aliphatic hydroxyl groups is 1. The van der Waals surface area contributed by atoms with Gasteiger partial charge in [0.1, 0.15) is 5.54 Å². The molecular weight excluding hydrogens is 268 g/mol. The molecule has 2 fully saturated rings. The molecule has 122 valence electrons. The van der Waals surface area contributed by atoms with E-state index in [1.165, 1.54) is 0 Å². The fourth-order valence-electron chi connectivity index (χ4n) is 3.73. The summed E-state index contributed by atoms with van der Waals surface area (Å²) in [6.07, 6.45) is 4.74. The van der Waals surface area contributed by atoms with Crippen LogP contribution in [0.3, 0.4) is 0 Å². The Morgan fingerprint density at radius 2 is 2.05 bits per heavy atom. The highest BCUT2D eigenvalue weighted by molar-refractivity contribution is 5.89. The van der Waals surface area contributed by atoms with Crippen molar-refractivity contribution < 1.29 is 14.6 Å². The Morgan fingerprint density at radius 3 is 2.62 bits per heavy atom. The summed E-state index contributed by atoms with van der Waals surface area (Å²) in [5.74, 6) is 0.0750. The second-order valence-electron chi connectivity index (χ2n) is 7.15. The molecule has 0 heterocycles. The minimum atomic E-state index is -0.871. The predicted molar refractivity (Wildman–Crippen MR) is 81.7 cm³/mol. The second-order valence-corrected chi connectivity index (χ2v) is 7.15. The summed E-state index contributed by atoms with van der Waals surface area (Å²) < 4.78 is 5.67. The number of nitrogens with one attached hydrogen (secondary N) is 1. The van der Waals surface area contributed by atoms with Crippen LogP contribution >= 0.6 is 0 Å². The maximum atomic E-state index is 12.7. The van der Waals surface area contributed by atoms with E-state index in [1.807, 2.05) is 20.8 Å². The summed E-state index contributed by atoms with van der Waals surface area (Å²) >= 11 is 0. The number of aliphatic hydroxyl groups excluding tert-OH is 1. The lowest BCUT2D eigenvalue weighted by molar-refractivity contribution is -0.171. The van der Waals surface area contributed by atoms with Crippen molar-refractivity contribution in [2.24, 2.45) is 17.1 Å². The average molecular weight is 298 g/mol. The molecule has 0 aromatic carbocycles. The van der Waals surface area contributed by atoms with Gasteiger partial charge in [0, 0.05) is 37.0 Å². The number of hydrogen-bond acceptors (Lipinski definition) is 4. The Hall–Kier alpha value is -0.650. The van der Waals surface area contributed by atoms with Crippen LogP contribution in [0.5, 0.6) is 0 Å². The largest absolute Gasteiger partial charge is 0.396 e. The van der Waals surface area contributed by atoms with Crippen LogP contribution in [0.15, 0.2) is 0 Å². The number of carbonyl (C=O) groups is 1. The third kappa shape index (κ3) is 2.83. The van der Waals surface area contributed by atoms with Gasteiger partial charge in [0.05, 0.1) is 6.10 Å². The summed E-state index contributed by atoms with van der Waals surface area (Å²) in [6.45, 7) is 6.73. The first-order valence-electron chi connectivity index (χ1n) is 8.19. The Labute approximate surface area is 127 Å². The van der Waals surface area contributed by atoms with Crippen molar-refractivity contribution in [2.45, 2.75) is 70.6 Å². The van der Waals surface area contributed by atoms with E-state index in [1.54, 1.807) is 0 Å². The number of ether oxygens (including phenoxy) is 1. The number of rotatable bonds is 5. The lowest BCUT2D eigenvalue weighted by Crippen LogP contribution is -2.76. The normalized spacial score (nSPS) is 38.6. The van der Waals surface area contributed by atoms with Gasteiger partial charge in [-0.1, -0.05) is 26.7 Å². The molecule has 4 unspecified atom stereocenters. The highest BCUT2D eigenvalue weighted by Gasteiger charge is 2.63. The maximum Gasteiger partial charge on any atom is 0.241 e. The van der Waals surface area contributed by atoms with Crippen LogP contribution in [0.2, 0.25) is 0 Å². The molecule has 0 aromatic heterocycles. The van der Waals surface area contributed by atoms with Crippen LogP contribution in [0, 0.1) is 11.3 Å². The molecule has 21 heavy (non-hydrogen) atoms. The van der Waals surface area contributed by atoms with Crippen LogP contribution in [0.1, 0.15) is 52.9 Å². The molecule has 5 heteroatoms. The van der Waals surface area contributed by atoms with Gasteiger partial charge in [-0.05, 0) is 19.8 Å². The maximum absolute atomic E-state index is 12.7. The van der Waals surface area contributed by atoms with E-state index >= 15 is 0 Å². The van der Waals surface area contributed by atoms with Gasteiger partial charge >= 0.3 is 0 Å². The molecule has 2 aliphatic rings. The van der Waals surface area contributed by atoms with E-state index in [4.69, 9.17) is 10.5 Å². The number of carbonyl (C=O) groups excluding carboxylic acids is 1. The Kier molecular flexibility index (Phi) is 4.96. The number of amides is 1. The quantitative estimate of drug-likeness (QED) is 0.712. The lowest BCUT2D eigenvalue weighted by Gasteiger charge is -2.58. The molecule has 0 aromatic rings. The average Bonchev–Trinajstić information content (AvgIpc) is 2.47. The zero-order chi connectivity index (χ0) is 15.7. The summed E-state index contributed by atoms with van der Waals surface area (Å²) in [5.41, 5.74) is 5.16. The van der Waals surface area contributed by atoms with Crippen molar-refractivity contribution in [3.8, 4) is 0 Å². The fraction of sp³-hybridized carbons (Fsp3) is 0.938. The molecule has 0 spiro atoms. The molecule has 1 amide bonds. The minimum Gasteiger partial charge on any atom is -0.396 e. The van der Waals surface area contributed by atoms with E-state index < -0.39 is 5.54 Å². The molecule has 2 saturated carbocycles. The summed E-state index contributed by atoms with van der Waals surface area (Å²) in [6, 6.07) is 0.0543. The van der Waals surface area contributed by atoms with E-state index in [0.717, 1.165) is 25.7 Å². The first-order valence-corrected chi connectivity index (χ1v) is 8.19. The van der Waals surface area contributed by atoms with Gasteiger partial charge in [-0.2, -0.15) is 0 Å². The highest BCUT2D eigenvalue weighted by atomic mass is 16.5. The molecule has 0 radical (unpaired) electrons. The first-order chi connectivity index (χ1) is 9.86. The Morgan fingerprint density at radius 1 is 1.38 bits per heavy atom. The molecule has 0 bridgehead atoms. The Balaban J connectivity index is 2.00. The van der Waals surface area contributed by atoms with E-state index in [-0.39, 0.29) is 36.0 Å². The summed E-state index contributed by atoms with van der Waals surface area (Å²) in [4.78, 5) is 12.7. The lowest BCUT2D eigenvalue weighted by atomic mass is 9.54. The van der Waals surface area contributed by atoms with Gasteiger partial charge in [-0.3, -0.25) is 4.79 Å². The van der Waals surface area contributed by atoms with Gasteiger partial charge in [0.15, 0.2) is 0 Å². The third-order valence-electron chi connectivity index (χ3n) is 5.70. The standard InChI is InChI=1S/C16H30N2O3/c1-4-21-13-9-16(17,15(13,2)3)14(20)18-12-8-6-5-7-11(12)10-19/h11-13,19H,4-10,17H2,1-3H3,(H,18,20). The summed E-state index contributed by atoms with van der Waals surface area (Å²) in [5, 5.41) is 12.6. The van der Waals surface area contributed by atoms with E-state index in [2.05, 4.69) is 5.32 Å². The van der Waals surface area contributed by atoms with Gasteiger partial charge in [-0.25, -0.2) is 0 Å². The highest BCUT2D eigenvalue weighted by Crippen LogP contribution is 2.50. The SMILES string of the molecule is CCOC1CC(N)(C(=O)NC2CCCCC2CO)C1(C)C. The number of nitrogens with two attached hydrogens (primary N) is 1. The van der Waals surface area contributed by atoms with Gasteiger partial charge < -0.3 is 20.9 Å². The van der Waals surface area contributed by atoms with E-state index in [9.17, 15) is 9.90 Å². The van der Waals surface area contributed by atoms with Crippen molar-refractivity contribution >= 4 is 5.91 Å². The van der Waals surface area contributed by atoms with Crippen molar-refractivity contribution in [2.75, 3.05) is 13.2 Å². The second kappa shape index (κ2) is 6.23. The monoisotopic (exact) mass is 298 g/mol. The van der Waals surface area contributed by atoms with Crippen LogP contribution < -0.4 is 11.1 Å². The van der Waals surface area contributed by atoms with Crippen LogP contribution in [0.4, 0.5) is 0 Å². The van der Waals surface area contributed by atoms with Crippen molar-refractivity contribution in [3.05, 3.63) is 0 Å². The van der Waals surface area contributed by atoms with Gasteiger partial charge in [0.2, 0.25) is 5.91 Å². The van der Waals surface area contributed by atoms with Crippen molar-refractivity contribution in [3.63, 3.8) is 0 Å². The molecule has 2 aliphatic carbocycles. The fourth-order valence-corrected chi connectivity index (χ4v) is 3.73. The van der Waals surface area contributed by atoms with Crippen LogP contribution in [-0.4, -0.2) is 41.9 Å². The molecule has 0 aliphatic heterocycles.